The molecule has 4 rings (SSSR count). The molecule has 4 heteroatoms. The first-order chi connectivity index (χ1) is 11.8. The number of fused-ring (bicyclic) bond motifs is 1. The van der Waals surface area contributed by atoms with Crippen molar-refractivity contribution < 1.29 is 9.84 Å². The highest BCUT2D eigenvalue weighted by molar-refractivity contribution is 7.22. The van der Waals surface area contributed by atoms with Gasteiger partial charge in [0.1, 0.15) is 6.61 Å². The molecule has 1 aliphatic rings. The monoisotopic (exact) mass is 339 g/mol. The first kappa shape index (κ1) is 15.5. The summed E-state index contributed by atoms with van der Waals surface area (Å²) in [7, 11) is 0. The number of nitrogens with zero attached hydrogens (tertiary/aromatic N) is 1. The first-order valence-corrected chi connectivity index (χ1v) is 9.28. The Bertz CT molecular complexity index is 804. The van der Waals surface area contributed by atoms with Crippen LogP contribution >= 0.6 is 11.3 Å². The van der Waals surface area contributed by atoms with E-state index in [2.05, 4.69) is 29.2 Å². The SMILES string of the molecule is Oc1cc(-c2cc3ccccc3s2)ccc1OCCN1CCCC1. The third-order valence-electron chi connectivity index (χ3n) is 4.53. The summed E-state index contributed by atoms with van der Waals surface area (Å²) in [6.07, 6.45) is 2.57. The summed E-state index contributed by atoms with van der Waals surface area (Å²) in [4.78, 5) is 3.57. The van der Waals surface area contributed by atoms with Crippen molar-refractivity contribution in [2.75, 3.05) is 26.2 Å². The number of aromatic hydroxyl groups is 1. The van der Waals surface area contributed by atoms with E-state index in [1.807, 2.05) is 18.2 Å². The van der Waals surface area contributed by atoms with Gasteiger partial charge in [-0.2, -0.15) is 0 Å². The van der Waals surface area contributed by atoms with Crippen LogP contribution < -0.4 is 4.74 Å². The van der Waals surface area contributed by atoms with Crippen LogP contribution in [0.25, 0.3) is 20.5 Å². The van der Waals surface area contributed by atoms with E-state index in [0.717, 1.165) is 17.0 Å². The van der Waals surface area contributed by atoms with Gasteiger partial charge in [0, 0.05) is 16.1 Å². The van der Waals surface area contributed by atoms with Crippen LogP contribution in [-0.2, 0) is 0 Å². The quantitative estimate of drug-likeness (QED) is 0.728. The number of benzene rings is 2. The van der Waals surface area contributed by atoms with Gasteiger partial charge in [-0.25, -0.2) is 0 Å². The molecule has 0 saturated carbocycles. The minimum atomic E-state index is 0.214. The second-order valence-corrected chi connectivity index (χ2v) is 7.31. The van der Waals surface area contributed by atoms with Crippen molar-refractivity contribution in [2.45, 2.75) is 12.8 Å². The van der Waals surface area contributed by atoms with Gasteiger partial charge in [0.25, 0.3) is 0 Å². The average molecular weight is 339 g/mol. The van der Waals surface area contributed by atoms with Crippen LogP contribution in [0.4, 0.5) is 0 Å². The van der Waals surface area contributed by atoms with Gasteiger partial charge in [-0.05, 0) is 67.2 Å². The van der Waals surface area contributed by atoms with Gasteiger partial charge in [0.15, 0.2) is 11.5 Å². The third-order valence-corrected chi connectivity index (χ3v) is 5.70. The molecule has 0 spiro atoms. The highest BCUT2D eigenvalue weighted by Crippen LogP contribution is 2.37. The van der Waals surface area contributed by atoms with E-state index in [1.165, 1.54) is 36.0 Å². The molecule has 1 fully saturated rings. The van der Waals surface area contributed by atoms with E-state index in [4.69, 9.17) is 4.74 Å². The number of hydrogen-bond acceptors (Lipinski definition) is 4. The van der Waals surface area contributed by atoms with Gasteiger partial charge < -0.3 is 9.84 Å². The second kappa shape index (κ2) is 6.83. The Morgan fingerprint density at radius 1 is 1.04 bits per heavy atom. The van der Waals surface area contributed by atoms with Crippen molar-refractivity contribution in [3.05, 3.63) is 48.5 Å². The molecule has 2 heterocycles. The Morgan fingerprint density at radius 3 is 2.67 bits per heavy atom. The number of phenolic OH excluding ortho intramolecular Hbond substituents is 1. The maximum atomic E-state index is 10.3. The topological polar surface area (TPSA) is 32.7 Å². The molecular weight excluding hydrogens is 318 g/mol. The standard InChI is InChI=1S/C20H21NO2S/c22-17-13-16(20-14-15-5-1-2-6-19(15)24-20)7-8-18(17)23-12-11-21-9-3-4-10-21/h1-2,5-8,13-14,22H,3-4,9-12H2. The Hall–Kier alpha value is -2.04. The summed E-state index contributed by atoms with van der Waals surface area (Å²) in [6.45, 7) is 3.88. The normalized spacial score (nSPS) is 15.2. The van der Waals surface area contributed by atoms with Crippen molar-refractivity contribution in [2.24, 2.45) is 0 Å². The van der Waals surface area contributed by atoms with Crippen LogP contribution in [0.15, 0.2) is 48.5 Å². The highest BCUT2D eigenvalue weighted by atomic mass is 32.1. The maximum absolute atomic E-state index is 10.3. The zero-order valence-electron chi connectivity index (χ0n) is 13.6. The van der Waals surface area contributed by atoms with E-state index in [0.29, 0.717) is 12.4 Å². The number of hydrogen-bond donors (Lipinski definition) is 1. The van der Waals surface area contributed by atoms with Crippen LogP contribution in [0.2, 0.25) is 0 Å². The smallest absolute Gasteiger partial charge is 0.161 e. The molecule has 124 valence electrons. The Morgan fingerprint density at radius 2 is 1.88 bits per heavy atom. The number of ether oxygens (including phenoxy) is 1. The van der Waals surface area contributed by atoms with Crippen LogP contribution in [0.3, 0.4) is 0 Å². The fourth-order valence-corrected chi connectivity index (χ4v) is 4.27. The Labute approximate surface area is 146 Å². The third kappa shape index (κ3) is 3.25. The molecule has 24 heavy (non-hydrogen) atoms. The molecule has 1 saturated heterocycles. The Kier molecular flexibility index (Phi) is 4.41. The maximum Gasteiger partial charge on any atom is 0.161 e. The van der Waals surface area contributed by atoms with Crippen molar-refractivity contribution >= 4 is 21.4 Å². The first-order valence-electron chi connectivity index (χ1n) is 8.47. The van der Waals surface area contributed by atoms with Crippen molar-refractivity contribution in [3.63, 3.8) is 0 Å². The number of phenols is 1. The van der Waals surface area contributed by atoms with E-state index in [1.54, 1.807) is 17.4 Å². The van der Waals surface area contributed by atoms with E-state index in [9.17, 15) is 5.11 Å². The lowest BCUT2D eigenvalue weighted by Gasteiger charge is -2.15. The summed E-state index contributed by atoms with van der Waals surface area (Å²) in [5.41, 5.74) is 1.03. The predicted octanol–water partition coefficient (Wildman–Crippen LogP) is 4.75. The molecule has 2 aromatic carbocycles. The number of likely N-dealkylation sites (tertiary alicyclic amines) is 1. The fraction of sp³-hybridized carbons (Fsp3) is 0.300. The average Bonchev–Trinajstić information content (AvgIpc) is 3.25. The molecule has 3 aromatic rings. The molecular formula is C20H21NO2S. The van der Waals surface area contributed by atoms with Crippen LogP contribution in [0, 0.1) is 0 Å². The number of rotatable bonds is 5. The molecule has 0 radical (unpaired) electrons. The summed E-state index contributed by atoms with van der Waals surface area (Å²) in [5, 5.41) is 11.5. The van der Waals surface area contributed by atoms with E-state index < -0.39 is 0 Å². The molecule has 0 unspecified atom stereocenters. The Balaban J connectivity index is 1.46. The lowest BCUT2D eigenvalue weighted by atomic mass is 10.1. The molecule has 1 aliphatic heterocycles. The summed E-state index contributed by atoms with van der Waals surface area (Å²) < 4.78 is 7.02. The van der Waals surface area contributed by atoms with Gasteiger partial charge in [-0.1, -0.05) is 18.2 Å². The lowest BCUT2D eigenvalue weighted by Crippen LogP contribution is -2.25. The zero-order chi connectivity index (χ0) is 16.4. The van der Waals surface area contributed by atoms with Crippen LogP contribution in [-0.4, -0.2) is 36.2 Å². The van der Waals surface area contributed by atoms with Gasteiger partial charge in [-0.3, -0.25) is 4.90 Å². The number of thiophene rings is 1. The van der Waals surface area contributed by atoms with Crippen LogP contribution in [0.5, 0.6) is 11.5 Å². The van der Waals surface area contributed by atoms with Crippen molar-refractivity contribution in [1.82, 2.24) is 4.90 Å². The predicted molar refractivity (Wildman–Crippen MR) is 100 cm³/mol. The van der Waals surface area contributed by atoms with Gasteiger partial charge in [0.05, 0.1) is 0 Å². The molecule has 0 amide bonds. The van der Waals surface area contributed by atoms with Crippen molar-refractivity contribution in [1.29, 1.82) is 0 Å². The molecule has 1 N–H and O–H groups in total. The largest absolute Gasteiger partial charge is 0.504 e. The highest BCUT2D eigenvalue weighted by Gasteiger charge is 2.12. The van der Waals surface area contributed by atoms with Gasteiger partial charge in [-0.15, -0.1) is 11.3 Å². The minimum Gasteiger partial charge on any atom is -0.504 e. The van der Waals surface area contributed by atoms with Crippen molar-refractivity contribution in [3.8, 4) is 21.9 Å². The molecule has 3 nitrogen and oxygen atoms in total. The van der Waals surface area contributed by atoms with E-state index in [-0.39, 0.29) is 5.75 Å². The summed E-state index contributed by atoms with van der Waals surface area (Å²) >= 11 is 1.74. The van der Waals surface area contributed by atoms with E-state index >= 15 is 0 Å². The minimum absolute atomic E-state index is 0.214. The lowest BCUT2D eigenvalue weighted by molar-refractivity contribution is 0.231. The van der Waals surface area contributed by atoms with Crippen LogP contribution in [0.1, 0.15) is 12.8 Å². The molecule has 1 aromatic heterocycles. The fourth-order valence-electron chi connectivity index (χ4n) is 3.21. The summed E-state index contributed by atoms with van der Waals surface area (Å²) in [5.74, 6) is 0.783. The zero-order valence-corrected chi connectivity index (χ0v) is 14.4. The summed E-state index contributed by atoms with van der Waals surface area (Å²) in [6, 6.07) is 16.2. The molecule has 0 atom stereocenters. The molecule has 0 bridgehead atoms. The second-order valence-electron chi connectivity index (χ2n) is 6.23. The van der Waals surface area contributed by atoms with Gasteiger partial charge >= 0.3 is 0 Å². The van der Waals surface area contributed by atoms with Gasteiger partial charge in [0.2, 0.25) is 0 Å². The molecule has 0 aliphatic carbocycles.